The van der Waals surface area contributed by atoms with Crippen LogP contribution in [-0.4, -0.2) is 55.7 Å². The third-order valence-electron chi connectivity index (χ3n) is 5.88. The van der Waals surface area contributed by atoms with Crippen LogP contribution in [0.5, 0.6) is 0 Å². The molecule has 0 spiro atoms. The van der Waals surface area contributed by atoms with Gasteiger partial charge in [0.1, 0.15) is 18.3 Å². The molecule has 9 heteroatoms. The van der Waals surface area contributed by atoms with E-state index in [0.717, 1.165) is 34.5 Å². The largest absolute Gasteiger partial charge is 0.374 e. The van der Waals surface area contributed by atoms with Crippen LogP contribution >= 0.6 is 23.5 Å². The molecular formula is C31H40O6S3. The van der Waals surface area contributed by atoms with Crippen molar-refractivity contribution in [1.82, 2.24) is 0 Å². The van der Waals surface area contributed by atoms with Gasteiger partial charge in [0.05, 0.1) is 37.3 Å². The van der Waals surface area contributed by atoms with Crippen molar-refractivity contribution >= 4 is 33.6 Å². The Morgan fingerprint density at radius 3 is 1.50 bits per heavy atom. The van der Waals surface area contributed by atoms with Crippen LogP contribution in [0.3, 0.4) is 0 Å². The van der Waals surface area contributed by atoms with Crippen molar-refractivity contribution in [3.8, 4) is 0 Å². The fraction of sp³-hybridized carbons (Fsp3) is 0.419. The highest BCUT2D eigenvalue weighted by molar-refractivity contribution is 8.17. The Morgan fingerprint density at radius 1 is 0.650 bits per heavy atom. The van der Waals surface area contributed by atoms with Crippen molar-refractivity contribution in [2.75, 3.05) is 24.4 Å². The van der Waals surface area contributed by atoms with Gasteiger partial charge in [-0.15, -0.1) is 23.5 Å². The summed E-state index contributed by atoms with van der Waals surface area (Å²) in [5, 5.41) is 0. The van der Waals surface area contributed by atoms with Crippen molar-refractivity contribution in [3.63, 3.8) is 0 Å². The zero-order valence-corrected chi connectivity index (χ0v) is 25.8. The van der Waals surface area contributed by atoms with Crippen molar-refractivity contribution in [2.24, 2.45) is 0 Å². The quantitative estimate of drug-likeness (QED) is 0.113. The highest BCUT2D eigenvalue weighted by atomic mass is 32.2. The summed E-state index contributed by atoms with van der Waals surface area (Å²) in [6, 6.07) is 29.5. The number of hydrogen-bond acceptors (Lipinski definition) is 8. The van der Waals surface area contributed by atoms with Gasteiger partial charge in [0, 0.05) is 0 Å². The van der Waals surface area contributed by atoms with Gasteiger partial charge in [-0.2, -0.15) is 8.42 Å². The predicted octanol–water partition coefficient (Wildman–Crippen LogP) is 6.55. The topological polar surface area (TPSA) is 71.1 Å². The molecule has 6 nitrogen and oxygen atoms in total. The maximum Gasteiger partial charge on any atom is 0.264 e. The minimum atomic E-state index is -3.83. The monoisotopic (exact) mass is 604 g/mol. The third-order valence-corrected chi connectivity index (χ3v) is 9.16. The maximum atomic E-state index is 12.5. The van der Waals surface area contributed by atoms with E-state index in [1.807, 2.05) is 91.0 Å². The van der Waals surface area contributed by atoms with Gasteiger partial charge in [0.25, 0.3) is 10.1 Å². The smallest absolute Gasteiger partial charge is 0.264 e. The lowest BCUT2D eigenvalue weighted by Gasteiger charge is -2.36. The molecule has 3 rings (SSSR count). The second kappa shape index (κ2) is 17.9. The Bertz CT molecular complexity index is 1170. The molecule has 218 valence electrons. The molecule has 3 aromatic rings. The zero-order valence-electron chi connectivity index (χ0n) is 23.4. The molecule has 3 atom stereocenters. The molecule has 0 fully saturated rings. The summed E-state index contributed by atoms with van der Waals surface area (Å²) in [7, 11) is -3.83. The van der Waals surface area contributed by atoms with Crippen molar-refractivity contribution in [1.29, 1.82) is 0 Å². The van der Waals surface area contributed by atoms with Crippen LogP contribution in [0.4, 0.5) is 0 Å². The molecule has 0 radical (unpaired) electrons. The highest BCUT2D eigenvalue weighted by Gasteiger charge is 2.39. The lowest BCUT2D eigenvalue weighted by molar-refractivity contribution is -0.134. The van der Waals surface area contributed by atoms with E-state index >= 15 is 0 Å². The molecule has 0 amide bonds. The Kier molecular flexibility index (Phi) is 14.6. The fourth-order valence-corrected chi connectivity index (χ4v) is 7.43. The Morgan fingerprint density at radius 2 is 1.07 bits per heavy atom. The molecule has 0 N–H and O–H groups in total. The van der Waals surface area contributed by atoms with Crippen molar-refractivity contribution in [2.45, 2.75) is 56.6 Å². The van der Waals surface area contributed by atoms with Crippen LogP contribution in [0, 0.1) is 0 Å². The lowest BCUT2D eigenvalue weighted by Crippen LogP contribution is -2.49. The lowest BCUT2D eigenvalue weighted by atomic mass is 10.1. The molecule has 0 aliphatic carbocycles. The van der Waals surface area contributed by atoms with Gasteiger partial charge in [-0.25, -0.2) is 0 Å². The Labute approximate surface area is 248 Å². The van der Waals surface area contributed by atoms with E-state index in [-0.39, 0.29) is 17.8 Å². The summed E-state index contributed by atoms with van der Waals surface area (Å²) in [5.41, 5.74) is 2.98. The molecule has 0 saturated carbocycles. The summed E-state index contributed by atoms with van der Waals surface area (Å²) < 4.78 is 49.8. The van der Waals surface area contributed by atoms with Crippen molar-refractivity contribution in [3.05, 3.63) is 108 Å². The molecule has 0 saturated heterocycles. The highest BCUT2D eigenvalue weighted by Crippen LogP contribution is 2.34. The van der Waals surface area contributed by atoms with E-state index in [1.54, 1.807) is 23.5 Å². The number of hydrogen-bond donors (Lipinski definition) is 0. The minimum absolute atomic E-state index is 0.0146. The standard InChI is InChI=1S/C31H40O6S3/c1-4-38-31(39-5-2)30(36-23-27-19-13-8-14-20-27)29(35-22-26-17-11-7-12-18-26)28(37-40(3,32)33)24-34-21-25-15-9-6-10-16-25/h6-20,28-31H,4-5,21-24H2,1-3H3/t28-,29+,30-/m1/s1. The second-order valence-electron chi connectivity index (χ2n) is 9.14. The zero-order chi connectivity index (χ0) is 28.6. The average Bonchev–Trinajstić information content (AvgIpc) is 2.95. The van der Waals surface area contributed by atoms with Crippen LogP contribution < -0.4 is 0 Å². The van der Waals surface area contributed by atoms with E-state index < -0.39 is 28.4 Å². The normalized spacial score (nSPS) is 14.2. The van der Waals surface area contributed by atoms with E-state index in [9.17, 15) is 8.42 Å². The maximum absolute atomic E-state index is 12.5. The fourth-order valence-electron chi connectivity index (χ4n) is 4.11. The summed E-state index contributed by atoms with van der Waals surface area (Å²) in [5.74, 6) is 1.74. The van der Waals surface area contributed by atoms with Crippen LogP contribution in [0.2, 0.25) is 0 Å². The van der Waals surface area contributed by atoms with E-state index in [4.69, 9.17) is 18.4 Å². The number of benzene rings is 3. The van der Waals surface area contributed by atoms with Gasteiger partial charge in [0.2, 0.25) is 0 Å². The summed E-state index contributed by atoms with van der Waals surface area (Å²) in [6.45, 7) is 5.19. The van der Waals surface area contributed by atoms with Gasteiger partial charge in [-0.05, 0) is 28.2 Å². The number of ether oxygens (including phenoxy) is 3. The van der Waals surface area contributed by atoms with Gasteiger partial charge in [-0.1, -0.05) is 105 Å². The van der Waals surface area contributed by atoms with E-state index in [2.05, 4.69) is 13.8 Å². The van der Waals surface area contributed by atoms with E-state index in [0.29, 0.717) is 13.2 Å². The van der Waals surface area contributed by atoms with Crippen LogP contribution in [0.1, 0.15) is 30.5 Å². The average molecular weight is 605 g/mol. The first-order valence-corrected chi connectivity index (χ1v) is 17.3. The molecule has 40 heavy (non-hydrogen) atoms. The summed E-state index contributed by atoms with van der Waals surface area (Å²) in [4.78, 5) is 0. The minimum Gasteiger partial charge on any atom is -0.374 e. The first-order valence-electron chi connectivity index (χ1n) is 13.4. The van der Waals surface area contributed by atoms with Crippen molar-refractivity contribution < 1.29 is 26.8 Å². The molecule has 0 bridgehead atoms. The van der Waals surface area contributed by atoms with Gasteiger partial charge < -0.3 is 14.2 Å². The molecule has 0 aromatic heterocycles. The number of thioether (sulfide) groups is 2. The van der Waals surface area contributed by atoms with E-state index in [1.165, 1.54) is 0 Å². The molecule has 0 heterocycles. The van der Waals surface area contributed by atoms with Gasteiger partial charge in [-0.3, -0.25) is 4.18 Å². The third kappa shape index (κ3) is 11.9. The molecule has 0 aliphatic rings. The first-order chi connectivity index (χ1) is 19.4. The molecule has 0 unspecified atom stereocenters. The first kappa shape index (κ1) is 32.7. The van der Waals surface area contributed by atoms with Crippen LogP contribution in [-0.2, 0) is 48.3 Å². The second-order valence-corrected chi connectivity index (χ2v) is 13.9. The predicted molar refractivity (Wildman–Crippen MR) is 166 cm³/mol. The summed E-state index contributed by atoms with van der Waals surface area (Å²) >= 11 is 3.52. The van der Waals surface area contributed by atoms with Gasteiger partial charge in [0.15, 0.2) is 0 Å². The number of rotatable bonds is 19. The SMILES string of the molecule is CCSC(SCC)[C@H](OCc1ccccc1)[C@@H](OCc1ccccc1)[C@@H](COCc1ccccc1)OS(C)(=O)=O. The Balaban J connectivity index is 1.94. The van der Waals surface area contributed by atoms with Crippen LogP contribution in [0.25, 0.3) is 0 Å². The molecule has 3 aromatic carbocycles. The van der Waals surface area contributed by atoms with Gasteiger partial charge >= 0.3 is 0 Å². The van der Waals surface area contributed by atoms with Crippen LogP contribution in [0.15, 0.2) is 91.0 Å². The molecule has 0 aliphatic heterocycles. The Hall–Kier alpha value is -1.85. The summed E-state index contributed by atoms with van der Waals surface area (Å²) in [6.07, 6.45) is -1.06. The molecular weight excluding hydrogens is 565 g/mol.